The van der Waals surface area contributed by atoms with E-state index < -0.39 is 6.04 Å². The van der Waals surface area contributed by atoms with Crippen LogP contribution in [-0.4, -0.2) is 45.9 Å². The molecule has 0 aliphatic carbocycles. The van der Waals surface area contributed by atoms with Crippen LogP contribution in [0.4, 0.5) is 4.39 Å². The summed E-state index contributed by atoms with van der Waals surface area (Å²) in [5.74, 6) is -0.302. The molecule has 0 saturated heterocycles. The highest BCUT2D eigenvalue weighted by Gasteiger charge is 2.18. The summed E-state index contributed by atoms with van der Waals surface area (Å²) >= 11 is 0. The lowest BCUT2D eigenvalue weighted by molar-refractivity contribution is -0.124. The van der Waals surface area contributed by atoms with Gasteiger partial charge >= 0.3 is 0 Å². The third-order valence-corrected chi connectivity index (χ3v) is 3.21. The van der Waals surface area contributed by atoms with Crippen molar-refractivity contribution >= 4 is 5.91 Å². The molecule has 0 spiro atoms. The fourth-order valence-electron chi connectivity index (χ4n) is 1.92. The molecule has 0 radical (unpaired) electrons. The summed E-state index contributed by atoms with van der Waals surface area (Å²) in [6.07, 6.45) is 0.742. The van der Waals surface area contributed by atoms with Crippen LogP contribution in [0.5, 0.6) is 0 Å². The number of benzene rings is 1. The lowest BCUT2D eigenvalue weighted by Gasteiger charge is -2.10. The van der Waals surface area contributed by atoms with Crippen LogP contribution in [-0.2, 0) is 9.53 Å². The van der Waals surface area contributed by atoms with Gasteiger partial charge in [0.25, 0.3) is 0 Å². The standard InChI is InChI=1S/C15H20FN5O2/c1-3-23-9-5-8-17-15(22)11(2)21-19-14(18-20-21)12-6-4-7-13(16)10-12/h4,6-7,10-11H,3,5,8-9H2,1-2H3,(H,17,22)/t11-/m0/s1. The van der Waals surface area contributed by atoms with Crippen molar-refractivity contribution < 1.29 is 13.9 Å². The Morgan fingerprint density at radius 1 is 1.48 bits per heavy atom. The normalized spacial score (nSPS) is 12.1. The average Bonchev–Trinajstić information content (AvgIpc) is 3.03. The van der Waals surface area contributed by atoms with Gasteiger partial charge in [-0.1, -0.05) is 12.1 Å². The molecule has 8 heteroatoms. The van der Waals surface area contributed by atoms with E-state index in [0.717, 1.165) is 6.42 Å². The minimum Gasteiger partial charge on any atom is -0.382 e. The maximum absolute atomic E-state index is 13.2. The highest BCUT2D eigenvalue weighted by Crippen LogP contribution is 2.15. The van der Waals surface area contributed by atoms with Gasteiger partial charge in [0, 0.05) is 25.3 Å². The minimum atomic E-state index is -0.600. The number of nitrogens with zero attached hydrogens (tertiary/aromatic N) is 4. The predicted octanol–water partition coefficient (Wildman–Crippen LogP) is 1.58. The van der Waals surface area contributed by atoms with Gasteiger partial charge in [0.1, 0.15) is 11.9 Å². The van der Waals surface area contributed by atoms with Crippen LogP contribution in [0.3, 0.4) is 0 Å². The average molecular weight is 321 g/mol. The molecular formula is C15H20FN5O2. The Hall–Kier alpha value is -2.35. The molecule has 124 valence electrons. The third kappa shape index (κ3) is 4.82. The second-order valence-electron chi connectivity index (χ2n) is 4.96. The Kier molecular flexibility index (Phi) is 6.16. The van der Waals surface area contributed by atoms with Gasteiger partial charge in [-0.2, -0.15) is 4.80 Å². The lowest BCUT2D eigenvalue weighted by atomic mass is 10.2. The molecule has 1 atom stereocenters. The zero-order valence-electron chi connectivity index (χ0n) is 13.2. The first-order valence-corrected chi connectivity index (χ1v) is 7.52. The largest absolute Gasteiger partial charge is 0.382 e. The van der Waals surface area contributed by atoms with Gasteiger partial charge in [-0.05, 0) is 37.6 Å². The van der Waals surface area contributed by atoms with Crippen LogP contribution in [0.25, 0.3) is 11.4 Å². The van der Waals surface area contributed by atoms with E-state index in [1.165, 1.54) is 16.9 Å². The smallest absolute Gasteiger partial charge is 0.246 e. The lowest BCUT2D eigenvalue weighted by Crippen LogP contribution is -2.33. The van der Waals surface area contributed by atoms with Gasteiger partial charge in [0.2, 0.25) is 11.7 Å². The van der Waals surface area contributed by atoms with Crippen molar-refractivity contribution in [2.75, 3.05) is 19.8 Å². The maximum atomic E-state index is 13.2. The summed E-state index contributed by atoms with van der Waals surface area (Å²) in [6, 6.07) is 5.31. The summed E-state index contributed by atoms with van der Waals surface area (Å²) in [5, 5.41) is 14.7. The van der Waals surface area contributed by atoms with Crippen molar-refractivity contribution in [1.82, 2.24) is 25.5 Å². The number of halogens is 1. The summed E-state index contributed by atoms with van der Waals surface area (Å²) < 4.78 is 18.4. The molecule has 2 aromatic rings. The molecule has 0 aliphatic heterocycles. The molecule has 1 amide bonds. The molecule has 0 fully saturated rings. The molecule has 1 heterocycles. The number of nitrogens with one attached hydrogen (secondary N) is 1. The van der Waals surface area contributed by atoms with Gasteiger partial charge in [0.15, 0.2) is 0 Å². The van der Waals surface area contributed by atoms with Crippen LogP contribution >= 0.6 is 0 Å². The van der Waals surface area contributed by atoms with Crippen LogP contribution in [0.15, 0.2) is 24.3 Å². The first-order valence-electron chi connectivity index (χ1n) is 7.52. The highest BCUT2D eigenvalue weighted by molar-refractivity contribution is 5.79. The van der Waals surface area contributed by atoms with Crippen molar-refractivity contribution in [1.29, 1.82) is 0 Å². The number of tetrazole rings is 1. The molecule has 1 aromatic carbocycles. The highest BCUT2D eigenvalue weighted by atomic mass is 19.1. The maximum Gasteiger partial charge on any atom is 0.246 e. The number of aromatic nitrogens is 4. The van der Waals surface area contributed by atoms with E-state index in [1.807, 2.05) is 6.92 Å². The van der Waals surface area contributed by atoms with Gasteiger partial charge in [-0.3, -0.25) is 4.79 Å². The predicted molar refractivity (Wildman–Crippen MR) is 82.0 cm³/mol. The van der Waals surface area contributed by atoms with Gasteiger partial charge < -0.3 is 10.1 Å². The Morgan fingerprint density at radius 2 is 2.30 bits per heavy atom. The first-order chi connectivity index (χ1) is 11.1. The fraction of sp³-hybridized carbons (Fsp3) is 0.467. The monoisotopic (exact) mass is 321 g/mol. The van der Waals surface area contributed by atoms with E-state index in [2.05, 4.69) is 20.7 Å². The first kappa shape index (κ1) is 17.0. The van der Waals surface area contributed by atoms with E-state index in [-0.39, 0.29) is 17.5 Å². The Labute approximate surface area is 133 Å². The van der Waals surface area contributed by atoms with Gasteiger partial charge in [-0.25, -0.2) is 4.39 Å². The molecule has 0 aliphatic rings. The Morgan fingerprint density at radius 3 is 3.04 bits per heavy atom. The fourth-order valence-corrected chi connectivity index (χ4v) is 1.92. The van der Waals surface area contributed by atoms with Crippen LogP contribution in [0.1, 0.15) is 26.3 Å². The van der Waals surface area contributed by atoms with Crippen molar-refractivity contribution in [3.8, 4) is 11.4 Å². The number of hydrogen-bond acceptors (Lipinski definition) is 5. The number of carbonyl (C=O) groups excluding carboxylic acids is 1. The molecule has 1 aromatic heterocycles. The number of rotatable bonds is 8. The summed E-state index contributed by atoms with van der Waals surface area (Å²) in [5.41, 5.74) is 0.514. The third-order valence-electron chi connectivity index (χ3n) is 3.21. The summed E-state index contributed by atoms with van der Waals surface area (Å²) in [7, 11) is 0. The second-order valence-corrected chi connectivity index (χ2v) is 4.96. The zero-order valence-corrected chi connectivity index (χ0v) is 13.2. The number of hydrogen-bond donors (Lipinski definition) is 1. The zero-order chi connectivity index (χ0) is 16.7. The van der Waals surface area contributed by atoms with Crippen LogP contribution < -0.4 is 5.32 Å². The van der Waals surface area contributed by atoms with E-state index in [9.17, 15) is 9.18 Å². The Balaban J connectivity index is 1.92. The summed E-state index contributed by atoms with van der Waals surface area (Å²) in [4.78, 5) is 13.3. The van der Waals surface area contributed by atoms with Crippen LogP contribution in [0, 0.1) is 5.82 Å². The molecule has 23 heavy (non-hydrogen) atoms. The quantitative estimate of drug-likeness (QED) is 0.747. The molecular weight excluding hydrogens is 301 g/mol. The van der Waals surface area contributed by atoms with E-state index >= 15 is 0 Å². The van der Waals surface area contributed by atoms with Crippen molar-refractivity contribution in [2.24, 2.45) is 0 Å². The molecule has 0 saturated carbocycles. The van der Waals surface area contributed by atoms with Crippen molar-refractivity contribution in [3.63, 3.8) is 0 Å². The van der Waals surface area contributed by atoms with E-state index in [1.54, 1.807) is 19.1 Å². The minimum absolute atomic E-state index is 0.204. The molecule has 1 N–H and O–H groups in total. The topological polar surface area (TPSA) is 81.9 Å². The van der Waals surface area contributed by atoms with Gasteiger partial charge in [0.05, 0.1) is 0 Å². The molecule has 7 nitrogen and oxygen atoms in total. The molecule has 0 unspecified atom stereocenters. The van der Waals surface area contributed by atoms with Crippen molar-refractivity contribution in [2.45, 2.75) is 26.3 Å². The van der Waals surface area contributed by atoms with Crippen LogP contribution in [0.2, 0.25) is 0 Å². The molecule has 0 bridgehead atoms. The number of amides is 1. The van der Waals surface area contributed by atoms with E-state index in [0.29, 0.717) is 25.3 Å². The van der Waals surface area contributed by atoms with E-state index in [4.69, 9.17) is 4.74 Å². The number of carbonyl (C=O) groups is 1. The second kappa shape index (κ2) is 8.33. The van der Waals surface area contributed by atoms with Gasteiger partial charge in [-0.15, -0.1) is 10.2 Å². The summed E-state index contributed by atoms with van der Waals surface area (Å²) in [6.45, 7) is 5.39. The van der Waals surface area contributed by atoms with Crippen molar-refractivity contribution in [3.05, 3.63) is 30.1 Å². The SMILES string of the molecule is CCOCCCNC(=O)[C@H](C)n1nnc(-c2cccc(F)c2)n1. The Bertz CT molecular complexity index is 646. The molecule has 2 rings (SSSR count). The number of ether oxygens (including phenoxy) is 1.